The van der Waals surface area contributed by atoms with E-state index in [2.05, 4.69) is 12.2 Å². The lowest BCUT2D eigenvalue weighted by Crippen LogP contribution is -2.32. The molecule has 2 unspecified atom stereocenters. The summed E-state index contributed by atoms with van der Waals surface area (Å²) in [5.74, 6) is 0.352. The predicted octanol–water partition coefficient (Wildman–Crippen LogP) is 2.68. The smallest absolute Gasteiger partial charge is 0.120 e. The SMILES string of the molecule is Cc1ccc(NC2CCOC(C)C2)cc1O. The van der Waals surface area contributed by atoms with Crippen molar-refractivity contribution >= 4 is 5.69 Å². The molecule has 1 fully saturated rings. The van der Waals surface area contributed by atoms with Gasteiger partial charge in [0.25, 0.3) is 0 Å². The summed E-state index contributed by atoms with van der Waals surface area (Å²) in [6.07, 6.45) is 2.37. The molecule has 88 valence electrons. The van der Waals surface area contributed by atoms with Gasteiger partial charge in [0.1, 0.15) is 5.75 Å². The predicted molar refractivity (Wildman–Crippen MR) is 64.9 cm³/mol. The maximum atomic E-state index is 9.62. The monoisotopic (exact) mass is 221 g/mol. The highest BCUT2D eigenvalue weighted by Crippen LogP contribution is 2.24. The van der Waals surface area contributed by atoms with Gasteiger partial charge in [0.2, 0.25) is 0 Å². The summed E-state index contributed by atoms with van der Waals surface area (Å²) in [4.78, 5) is 0. The molecule has 2 rings (SSSR count). The molecule has 3 heteroatoms. The van der Waals surface area contributed by atoms with Crippen LogP contribution in [0.2, 0.25) is 0 Å². The van der Waals surface area contributed by atoms with Crippen LogP contribution in [0.4, 0.5) is 5.69 Å². The molecule has 16 heavy (non-hydrogen) atoms. The Bertz CT molecular complexity index is 365. The van der Waals surface area contributed by atoms with Crippen LogP contribution in [0, 0.1) is 6.92 Å². The summed E-state index contributed by atoms with van der Waals surface area (Å²) >= 11 is 0. The van der Waals surface area contributed by atoms with Crippen LogP contribution in [0.5, 0.6) is 5.75 Å². The van der Waals surface area contributed by atoms with E-state index in [9.17, 15) is 5.11 Å². The standard InChI is InChI=1S/C13H19NO2/c1-9-3-4-11(8-13(9)15)14-12-5-6-16-10(2)7-12/h3-4,8,10,12,14-15H,5-7H2,1-2H3. The topological polar surface area (TPSA) is 41.5 Å². The summed E-state index contributed by atoms with van der Waals surface area (Å²) in [6, 6.07) is 6.18. The molecule has 0 aromatic heterocycles. The van der Waals surface area contributed by atoms with Gasteiger partial charge >= 0.3 is 0 Å². The van der Waals surface area contributed by atoms with E-state index in [1.54, 1.807) is 6.07 Å². The van der Waals surface area contributed by atoms with Gasteiger partial charge in [-0.05, 0) is 38.3 Å². The highest BCUT2D eigenvalue weighted by atomic mass is 16.5. The Morgan fingerprint density at radius 2 is 2.25 bits per heavy atom. The van der Waals surface area contributed by atoms with Crippen LogP contribution in [-0.2, 0) is 4.74 Å². The molecule has 1 saturated heterocycles. The molecule has 0 bridgehead atoms. The summed E-state index contributed by atoms with van der Waals surface area (Å²) < 4.78 is 5.50. The van der Waals surface area contributed by atoms with Crippen LogP contribution >= 0.6 is 0 Å². The molecule has 0 amide bonds. The van der Waals surface area contributed by atoms with E-state index in [4.69, 9.17) is 4.74 Å². The van der Waals surface area contributed by atoms with E-state index in [0.29, 0.717) is 17.9 Å². The second kappa shape index (κ2) is 4.74. The molecular weight excluding hydrogens is 202 g/mol. The van der Waals surface area contributed by atoms with Crippen molar-refractivity contribution in [3.8, 4) is 5.75 Å². The van der Waals surface area contributed by atoms with Gasteiger partial charge in [-0.3, -0.25) is 0 Å². The maximum Gasteiger partial charge on any atom is 0.120 e. The van der Waals surface area contributed by atoms with Crippen LogP contribution in [-0.4, -0.2) is 23.9 Å². The van der Waals surface area contributed by atoms with Crippen LogP contribution in [0.25, 0.3) is 0 Å². The fourth-order valence-electron chi connectivity index (χ4n) is 2.06. The lowest BCUT2D eigenvalue weighted by atomic mass is 10.0. The van der Waals surface area contributed by atoms with Gasteiger partial charge in [0, 0.05) is 24.4 Å². The lowest BCUT2D eigenvalue weighted by Gasteiger charge is -2.28. The molecule has 3 nitrogen and oxygen atoms in total. The van der Waals surface area contributed by atoms with Gasteiger partial charge in [-0.1, -0.05) is 6.07 Å². The third kappa shape index (κ3) is 2.67. The number of phenolic OH excluding ortho intramolecular Hbond substituents is 1. The van der Waals surface area contributed by atoms with Crippen molar-refractivity contribution in [2.75, 3.05) is 11.9 Å². The quantitative estimate of drug-likeness (QED) is 0.806. The minimum atomic E-state index is 0.324. The highest BCUT2D eigenvalue weighted by Gasteiger charge is 2.18. The van der Waals surface area contributed by atoms with Crippen molar-refractivity contribution in [2.24, 2.45) is 0 Å². The zero-order valence-electron chi connectivity index (χ0n) is 9.86. The second-order valence-electron chi connectivity index (χ2n) is 4.55. The number of hydrogen-bond donors (Lipinski definition) is 2. The average Bonchev–Trinajstić information content (AvgIpc) is 2.24. The molecular formula is C13H19NO2. The number of rotatable bonds is 2. The number of ether oxygens (including phenoxy) is 1. The molecule has 0 aliphatic carbocycles. The summed E-state index contributed by atoms with van der Waals surface area (Å²) in [5.41, 5.74) is 1.90. The van der Waals surface area contributed by atoms with E-state index in [0.717, 1.165) is 30.7 Å². The van der Waals surface area contributed by atoms with Crippen LogP contribution in [0.3, 0.4) is 0 Å². The first kappa shape index (κ1) is 11.3. The number of nitrogens with one attached hydrogen (secondary N) is 1. The number of anilines is 1. The van der Waals surface area contributed by atoms with E-state index in [1.807, 2.05) is 19.1 Å². The van der Waals surface area contributed by atoms with Crippen LogP contribution < -0.4 is 5.32 Å². The third-order valence-electron chi connectivity index (χ3n) is 3.07. The Balaban J connectivity index is 2.00. The first-order valence-electron chi connectivity index (χ1n) is 5.83. The summed E-state index contributed by atoms with van der Waals surface area (Å²) in [5, 5.41) is 13.1. The number of phenols is 1. The molecule has 2 N–H and O–H groups in total. The number of aryl methyl sites for hydroxylation is 1. The van der Waals surface area contributed by atoms with Gasteiger partial charge in [-0.15, -0.1) is 0 Å². The van der Waals surface area contributed by atoms with Crippen molar-refractivity contribution in [1.82, 2.24) is 0 Å². The highest BCUT2D eigenvalue weighted by molar-refractivity contribution is 5.51. The number of aromatic hydroxyl groups is 1. The minimum absolute atomic E-state index is 0.324. The molecule has 1 aromatic rings. The number of hydrogen-bond acceptors (Lipinski definition) is 3. The van der Waals surface area contributed by atoms with Crippen molar-refractivity contribution in [1.29, 1.82) is 0 Å². The Morgan fingerprint density at radius 3 is 2.94 bits per heavy atom. The van der Waals surface area contributed by atoms with E-state index in [1.165, 1.54) is 0 Å². The second-order valence-corrected chi connectivity index (χ2v) is 4.55. The van der Waals surface area contributed by atoms with Gasteiger partial charge in [0.05, 0.1) is 6.10 Å². The Morgan fingerprint density at radius 1 is 1.44 bits per heavy atom. The molecule has 0 saturated carbocycles. The average molecular weight is 221 g/mol. The molecule has 1 aliphatic rings. The van der Waals surface area contributed by atoms with Crippen LogP contribution in [0.1, 0.15) is 25.3 Å². The van der Waals surface area contributed by atoms with E-state index >= 15 is 0 Å². The van der Waals surface area contributed by atoms with Crippen LogP contribution in [0.15, 0.2) is 18.2 Å². The van der Waals surface area contributed by atoms with Gasteiger partial charge in [0.15, 0.2) is 0 Å². The number of benzene rings is 1. The van der Waals surface area contributed by atoms with Gasteiger partial charge in [-0.2, -0.15) is 0 Å². The maximum absolute atomic E-state index is 9.62. The van der Waals surface area contributed by atoms with Crippen molar-refractivity contribution in [2.45, 2.75) is 38.8 Å². The molecule has 0 radical (unpaired) electrons. The Hall–Kier alpha value is -1.22. The minimum Gasteiger partial charge on any atom is -0.508 e. The molecule has 1 aliphatic heterocycles. The van der Waals surface area contributed by atoms with Gasteiger partial charge < -0.3 is 15.2 Å². The zero-order valence-corrected chi connectivity index (χ0v) is 9.86. The van der Waals surface area contributed by atoms with E-state index < -0.39 is 0 Å². The van der Waals surface area contributed by atoms with Crippen molar-refractivity contribution in [3.05, 3.63) is 23.8 Å². The molecule has 1 heterocycles. The normalized spacial score (nSPS) is 25.4. The summed E-state index contributed by atoms with van der Waals surface area (Å²) in [7, 11) is 0. The Labute approximate surface area is 96.4 Å². The zero-order chi connectivity index (χ0) is 11.5. The molecule has 1 aromatic carbocycles. The fourth-order valence-corrected chi connectivity index (χ4v) is 2.06. The van der Waals surface area contributed by atoms with E-state index in [-0.39, 0.29) is 0 Å². The Kier molecular flexibility index (Phi) is 3.34. The first-order valence-corrected chi connectivity index (χ1v) is 5.83. The third-order valence-corrected chi connectivity index (χ3v) is 3.07. The fraction of sp³-hybridized carbons (Fsp3) is 0.538. The lowest BCUT2D eigenvalue weighted by molar-refractivity contribution is 0.0232. The largest absolute Gasteiger partial charge is 0.508 e. The van der Waals surface area contributed by atoms with Crippen molar-refractivity contribution in [3.63, 3.8) is 0 Å². The van der Waals surface area contributed by atoms with Gasteiger partial charge in [-0.25, -0.2) is 0 Å². The van der Waals surface area contributed by atoms with Crippen molar-refractivity contribution < 1.29 is 9.84 Å². The first-order chi connectivity index (χ1) is 7.65. The molecule has 2 atom stereocenters. The molecule has 0 spiro atoms. The summed E-state index contributed by atoms with van der Waals surface area (Å²) in [6.45, 7) is 4.81.